The van der Waals surface area contributed by atoms with Gasteiger partial charge in [-0.1, -0.05) is 0 Å². The van der Waals surface area contributed by atoms with Crippen molar-refractivity contribution < 1.29 is 9.18 Å². The molecule has 28 heavy (non-hydrogen) atoms. The van der Waals surface area contributed by atoms with Crippen LogP contribution < -0.4 is 10.6 Å². The van der Waals surface area contributed by atoms with E-state index in [0.29, 0.717) is 31.2 Å². The van der Waals surface area contributed by atoms with E-state index in [-0.39, 0.29) is 23.7 Å². The Morgan fingerprint density at radius 2 is 2.29 bits per heavy atom. The first-order valence-corrected chi connectivity index (χ1v) is 9.97. The molecule has 1 aromatic heterocycles. The molecule has 1 saturated heterocycles. The molecule has 1 fully saturated rings. The number of nitrogens with one attached hydrogen (secondary N) is 2. The Hall–Kier alpha value is -2.22. The maximum Gasteiger partial charge on any atom is 0.247 e. The van der Waals surface area contributed by atoms with Gasteiger partial charge in [-0.3, -0.25) is 9.79 Å². The third-order valence-electron chi connectivity index (χ3n) is 5.34. The van der Waals surface area contributed by atoms with Crippen molar-refractivity contribution in [3.63, 3.8) is 0 Å². The van der Waals surface area contributed by atoms with Gasteiger partial charge in [-0.05, 0) is 32.8 Å². The molecule has 0 aromatic carbocycles. The molecule has 3 aliphatic heterocycles. The van der Waals surface area contributed by atoms with Crippen LogP contribution in [0.1, 0.15) is 32.5 Å². The van der Waals surface area contributed by atoms with Crippen LogP contribution in [0.5, 0.6) is 0 Å². The molecule has 0 aliphatic carbocycles. The van der Waals surface area contributed by atoms with Crippen molar-refractivity contribution in [1.82, 2.24) is 20.2 Å². The molecule has 1 aromatic rings. The fourth-order valence-corrected chi connectivity index (χ4v) is 4.13. The van der Waals surface area contributed by atoms with E-state index in [1.165, 1.54) is 0 Å². The van der Waals surface area contributed by atoms with Gasteiger partial charge in [0.05, 0.1) is 18.5 Å². The highest BCUT2D eigenvalue weighted by Crippen LogP contribution is 2.33. The minimum absolute atomic E-state index is 0.00490. The van der Waals surface area contributed by atoms with Crippen LogP contribution in [0.25, 0.3) is 5.57 Å². The minimum Gasteiger partial charge on any atom is -0.356 e. The third kappa shape index (κ3) is 3.70. The summed E-state index contributed by atoms with van der Waals surface area (Å²) in [5.74, 6) is 1.95. The number of anilines is 1. The first-order valence-electron chi connectivity index (χ1n) is 9.53. The van der Waals surface area contributed by atoms with Crippen molar-refractivity contribution in [3.05, 3.63) is 24.3 Å². The van der Waals surface area contributed by atoms with Crippen LogP contribution in [0.4, 0.5) is 10.2 Å². The maximum atomic E-state index is 13.5. The van der Waals surface area contributed by atoms with E-state index in [2.05, 4.69) is 25.6 Å². The van der Waals surface area contributed by atoms with Gasteiger partial charge in [-0.25, -0.2) is 14.4 Å². The Morgan fingerprint density at radius 3 is 3.04 bits per heavy atom. The molecule has 2 N–H and O–H groups in total. The van der Waals surface area contributed by atoms with Crippen molar-refractivity contribution in [2.24, 2.45) is 10.9 Å². The highest BCUT2D eigenvalue weighted by Gasteiger charge is 2.37. The zero-order valence-corrected chi connectivity index (χ0v) is 16.7. The van der Waals surface area contributed by atoms with Crippen molar-refractivity contribution in [2.45, 2.75) is 43.8 Å². The van der Waals surface area contributed by atoms with E-state index in [0.717, 1.165) is 17.8 Å². The normalized spacial score (nSPS) is 27.0. The van der Waals surface area contributed by atoms with Gasteiger partial charge in [0.1, 0.15) is 23.4 Å². The van der Waals surface area contributed by atoms with E-state index >= 15 is 0 Å². The second kappa shape index (κ2) is 7.31. The number of alkyl halides is 2. The van der Waals surface area contributed by atoms with Gasteiger partial charge in [0.15, 0.2) is 5.82 Å². The Bertz CT molecular complexity index is 841. The lowest BCUT2D eigenvalue weighted by atomic mass is 9.93. The van der Waals surface area contributed by atoms with Crippen LogP contribution >= 0.6 is 11.6 Å². The summed E-state index contributed by atoms with van der Waals surface area (Å²) in [6, 6.07) is 1.73. The quantitative estimate of drug-likeness (QED) is 0.749. The van der Waals surface area contributed by atoms with E-state index in [9.17, 15) is 9.18 Å². The number of hydrogen-bond donors (Lipinski definition) is 2. The molecule has 0 saturated carbocycles. The summed E-state index contributed by atoms with van der Waals surface area (Å²) in [5, 5.41) is 6.37. The predicted octanol–water partition coefficient (Wildman–Crippen LogP) is 2.21. The number of likely N-dealkylation sites (tertiary alicyclic amines) is 1. The van der Waals surface area contributed by atoms with Gasteiger partial charge in [0.2, 0.25) is 5.91 Å². The van der Waals surface area contributed by atoms with Gasteiger partial charge in [-0.2, -0.15) is 0 Å². The molecule has 1 amide bonds. The number of carbonyl (C=O) groups is 1. The number of aromatic nitrogens is 2. The number of amidine groups is 1. The predicted molar refractivity (Wildman–Crippen MR) is 107 cm³/mol. The lowest BCUT2D eigenvalue weighted by Gasteiger charge is -2.30. The van der Waals surface area contributed by atoms with Gasteiger partial charge < -0.3 is 15.5 Å². The second-order valence-corrected chi connectivity index (χ2v) is 8.63. The van der Waals surface area contributed by atoms with Gasteiger partial charge in [0.25, 0.3) is 0 Å². The van der Waals surface area contributed by atoms with Crippen LogP contribution in [-0.2, 0) is 4.79 Å². The molecule has 4 rings (SSSR count). The Labute approximate surface area is 168 Å². The van der Waals surface area contributed by atoms with Crippen LogP contribution in [-0.4, -0.2) is 63.3 Å². The van der Waals surface area contributed by atoms with Crippen molar-refractivity contribution in [2.75, 3.05) is 25.0 Å². The summed E-state index contributed by atoms with van der Waals surface area (Å²) in [6.45, 7) is 4.77. The van der Waals surface area contributed by atoms with Crippen molar-refractivity contribution in [1.29, 1.82) is 0 Å². The largest absolute Gasteiger partial charge is 0.356 e. The highest BCUT2D eigenvalue weighted by molar-refractivity contribution is 6.21. The fraction of sp³-hybridized carbons (Fsp3) is 0.579. The lowest BCUT2D eigenvalue weighted by Crippen LogP contribution is -2.49. The third-order valence-corrected chi connectivity index (χ3v) is 5.66. The number of rotatable bonds is 4. The molecule has 0 radical (unpaired) electrons. The minimum atomic E-state index is -0.940. The fourth-order valence-electron chi connectivity index (χ4n) is 3.88. The summed E-state index contributed by atoms with van der Waals surface area (Å²) in [7, 11) is 0. The van der Waals surface area contributed by atoms with Crippen molar-refractivity contribution >= 4 is 34.7 Å². The number of halogens is 2. The molecule has 3 atom stereocenters. The number of carbonyl (C=O) groups excluding carboxylic acids is 1. The van der Waals surface area contributed by atoms with Gasteiger partial charge in [-0.15, -0.1) is 11.6 Å². The first kappa shape index (κ1) is 19.1. The van der Waals surface area contributed by atoms with Gasteiger partial charge in [0, 0.05) is 30.4 Å². The van der Waals surface area contributed by atoms with Crippen LogP contribution in [0.3, 0.4) is 0 Å². The van der Waals surface area contributed by atoms with E-state index < -0.39 is 11.7 Å². The highest BCUT2D eigenvalue weighted by atomic mass is 35.5. The average molecular weight is 407 g/mol. The van der Waals surface area contributed by atoms with Gasteiger partial charge >= 0.3 is 0 Å². The SMILES string of the molecule is CC(C)(Nc1ccnc(C2=CNC3=NCC(Cl)CC23)n1)C(=O)N1CC[C@H](F)C1. The number of fused-ring (bicyclic) bond motifs is 1. The number of aliphatic imine (C=N–C) groups is 1. The molecule has 4 heterocycles. The molecule has 0 bridgehead atoms. The van der Waals surface area contributed by atoms with Crippen LogP contribution in [0.2, 0.25) is 0 Å². The summed E-state index contributed by atoms with van der Waals surface area (Å²) < 4.78 is 13.5. The zero-order valence-electron chi connectivity index (χ0n) is 16.0. The summed E-state index contributed by atoms with van der Waals surface area (Å²) in [4.78, 5) is 27.8. The Balaban J connectivity index is 1.50. The Kier molecular flexibility index (Phi) is 4.99. The summed E-state index contributed by atoms with van der Waals surface area (Å²) in [6.07, 6.45) is 3.77. The summed E-state index contributed by atoms with van der Waals surface area (Å²) >= 11 is 6.28. The molecular formula is C19H24ClFN6O. The molecule has 9 heteroatoms. The van der Waals surface area contributed by atoms with E-state index in [1.54, 1.807) is 31.0 Å². The molecule has 7 nitrogen and oxygen atoms in total. The Morgan fingerprint density at radius 1 is 1.46 bits per heavy atom. The molecule has 2 unspecified atom stereocenters. The maximum absolute atomic E-state index is 13.5. The zero-order chi connectivity index (χ0) is 19.9. The van der Waals surface area contributed by atoms with E-state index in [1.807, 2.05) is 6.20 Å². The topological polar surface area (TPSA) is 82.5 Å². The van der Waals surface area contributed by atoms with Crippen LogP contribution in [0.15, 0.2) is 23.5 Å². The molecule has 0 spiro atoms. The monoisotopic (exact) mass is 406 g/mol. The number of hydrogen-bond acceptors (Lipinski definition) is 6. The smallest absolute Gasteiger partial charge is 0.247 e. The first-order chi connectivity index (χ1) is 13.3. The number of amides is 1. The molecule has 150 valence electrons. The summed E-state index contributed by atoms with van der Waals surface area (Å²) in [5.41, 5.74) is 0.0353. The van der Waals surface area contributed by atoms with E-state index in [4.69, 9.17) is 11.6 Å². The number of nitrogens with zero attached hydrogens (tertiary/aromatic N) is 4. The lowest BCUT2D eigenvalue weighted by molar-refractivity contribution is -0.134. The standard InChI is InChI=1S/C19H24ClFN6O/c1-19(2,18(28)27-6-4-12(21)10-27)26-15-3-5-22-17(25-15)14-9-24-16-13(14)7-11(20)8-23-16/h3,5,9,11-13H,4,6-8,10H2,1-2H3,(H,23,24)(H,22,25,26)/t11?,12-,13?/m0/s1. The average Bonchev–Trinajstić information content (AvgIpc) is 3.26. The molecule has 3 aliphatic rings. The van der Waals surface area contributed by atoms with Crippen molar-refractivity contribution in [3.8, 4) is 0 Å². The van der Waals surface area contributed by atoms with Crippen LogP contribution in [0, 0.1) is 5.92 Å². The second-order valence-electron chi connectivity index (χ2n) is 8.01. The molecular weight excluding hydrogens is 383 g/mol.